The Morgan fingerprint density at radius 1 is 1.35 bits per heavy atom. The number of hydrogen-bond acceptors (Lipinski definition) is 2. The van der Waals surface area contributed by atoms with Crippen molar-refractivity contribution in [3.05, 3.63) is 27.3 Å². The van der Waals surface area contributed by atoms with Gasteiger partial charge in [-0.15, -0.1) is 0 Å². The second kappa shape index (κ2) is 6.18. The fourth-order valence-electron chi connectivity index (χ4n) is 1.89. The molecular formula is C14H20BrClN2OSi. The SMILES string of the molecule is Cc1cc2c(Br)nn(COCC[Si](C)(C)C)c2cc1Cl. The molecule has 6 heteroatoms. The van der Waals surface area contributed by atoms with E-state index in [0.29, 0.717) is 6.73 Å². The third-order valence-electron chi connectivity index (χ3n) is 3.20. The first-order valence-corrected chi connectivity index (χ1v) is 11.6. The molecule has 0 fully saturated rings. The molecule has 0 saturated heterocycles. The van der Waals surface area contributed by atoms with Crippen molar-refractivity contribution in [2.45, 2.75) is 39.3 Å². The number of nitrogens with zero attached hydrogens (tertiary/aromatic N) is 2. The molecule has 0 radical (unpaired) electrons. The molecule has 0 N–H and O–H groups in total. The van der Waals surface area contributed by atoms with Crippen LogP contribution in [0.2, 0.25) is 30.7 Å². The van der Waals surface area contributed by atoms with Crippen LogP contribution in [0.3, 0.4) is 0 Å². The summed E-state index contributed by atoms with van der Waals surface area (Å²) < 4.78 is 8.45. The van der Waals surface area contributed by atoms with Gasteiger partial charge in [-0.3, -0.25) is 0 Å². The van der Waals surface area contributed by atoms with Crippen molar-refractivity contribution >= 4 is 46.5 Å². The zero-order valence-electron chi connectivity index (χ0n) is 12.3. The lowest BCUT2D eigenvalue weighted by molar-refractivity contribution is 0.0815. The van der Waals surface area contributed by atoms with E-state index in [9.17, 15) is 0 Å². The van der Waals surface area contributed by atoms with Crippen LogP contribution in [0.25, 0.3) is 10.9 Å². The molecule has 0 saturated carbocycles. The van der Waals surface area contributed by atoms with Gasteiger partial charge >= 0.3 is 0 Å². The van der Waals surface area contributed by atoms with Crippen molar-refractivity contribution in [3.63, 3.8) is 0 Å². The molecule has 0 bridgehead atoms. The minimum Gasteiger partial charge on any atom is -0.360 e. The van der Waals surface area contributed by atoms with Crippen LogP contribution in [0.4, 0.5) is 0 Å². The molecule has 0 amide bonds. The average molecular weight is 376 g/mol. The number of hydrogen-bond donors (Lipinski definition) is 0. The normalized spacial score (nSPS) is 12.3. The summed E-state index contributed by atoms with van der Waals surface area (Å²) >= 11 is 9.69. The highest BCUT2D eigenvalue weighted by Crippen LogP contribution is 2.28. The fraction of sp³-hybridized carbons (Fsp3) is 0.500. The number of aryl methyl sites for hydroxylation is 1. The van der Waals surface area contributed by atoms with Gasteiger partial charge in [-0.1, -0.05) is 31.2 Å². The standard InChI is InChI=1S/C14H20BrClN2OSi/c1-10-7-11-13(8-12(10)16)18(17-14(11)15)9-19-5-6-20(2,3)4/h7-8H,5-6,9H2,1-4H3. The summed E-state index contributed by atoms with van der Waals surface area (Å²) in [7, 11) is -1.05. The zero-order chi connectivity index (χ0) is 14.9. The number of benzene rings is 1. The molecule has 1 aromatic carbocycles. The quantitative estimate of drug-likeness (QED) is 0.538. The summed E-state index contributed by atoms with van der Waals surface area (Å²) in [5.41, 5.74) is 2.06. The molecule has 2 rings (SSSR count). The summed E-state index contributed by atoms with van der Waals surface area (Å²) in [6, 6.07) is 5.16. The second-order valence-electron chi connectivity index (χ2n) is 6.26. The van der Waals surface area contributed by atoms with Crippen LogP contribution >= 0.6 is 27.5 Å². The van der Waals surface area contributed by atoms with E-state index in [0.717, 1.165) is 38.7 Å². The average Bonchev–Trinajstić information content (AvgIpc) is 2.62. The number of fused-ring (bicyclic) bond motifs is 1. The van der Waals surface area contributed by atoms with Crippen molar-refractivity contribution in [3.8, 4) is 0 Å². The lowest BCUT2D eigenvalue weighted by Crippen LogP contribution is -2.22. The molecule has 0 aliphatic heterocycles. The summed E-state index contributed by atoms with van der Waals surface area (Å²) in [5.74, 6) is 0. The van der Waals surface area contributed by atoms with Gasteiger partial charge in [-0.25, -0.2) is 4.68 Å². The number of rotatable bonds is 5. The zero-order valence-corrected chi connectivity index (χ0v) is 15.7. The summed E-state index contributed by atoms with van der Waals surface area (Å²) in [5, 5.41) is 6.29. The maximum atomic E-state index is 6.20. The maximum absolute atomic E-state index is 6.20. The van der Waals surface area contributed by atoms with Crippen LogP contribution < -0.4 is 0 Å². The summed E-state index contributed by atoms with van der Waals surface area (Å²) in [6.45, 7) is 10.3. The van der Waals surface area contributed by atoms with Crippen LogP contribution in [-0.2, 0) is 11.5 Å². The largest absolute Gasteiger partial charge is 0.360 e. The minimum atomic E-state index is -1.05. The van der Waals surface area contributed by atoms with Gasteiger partial charge in [0.15, 0.2) is 0 Å². The fourth-order valence-corrected chi connectivity index (χ4v) is 3.31. The third-order valence-corrected chi connectivity index (χ3v) is 5.89. The van der Waals surface area contributed by atoms with E-state index in [1.807, 2.05) is 23.7 Å². The van der Waals surface area contributed by atoms with Gasteiger partial charge < -0.3 is 4.74 Å². The van der Waals surface area contributed by atoms with Gasteiger partial charge in [-0.05, 0) is 46.6 Å². The number of aromatic nitrogens is 2. The van der Waals surface area contributed by atoms with Crippen molar-refractivity contribution in [1.29, 1.82) is 0 Å². The predicted octanol–water partition coefficient (Wildman–Crippen LogP) is 5.07. The summed E-state index contributed by atoms with van der Waals surface area (Å²) in [6.07, 6.45) is 0. The topological polar surface area (TPSA) is 27.1 Å². The first-order valence-electron chi connectivity index (χ1n) is 6.68. The van der Waals surface area contributed by atoms with E-state index >= 15 is 0 Å². The molecular weight excluding hydrogens is 356 g/mol. The molecule has 20 heavy (non-hydrogen) atoms. The highest BCUT2D eigenvalue weighted by atomic mass is 79.9. The minimum absolute atomic E-state index is 0.464. The first kappa shape index (κ1) is 16.0. The molecule has 1 heterocycles. The monoisotopic (exact) mass is 374 g/mol. The second-order valence-corrected chi connectivity index (χ2v) is 13.0. The lowest BCUT2D eigenvalue weighted by atomic mass is 10.2. The van der Waals surface area contributed by atoms with Gasteiger partial charge in [0, 0.05) is 25.1 Å². The number of halogens is 2. The Morgan fingerprint density at radius 2 is 2.05 bits per heavy atom. The van der Waals surface area contributed by atoms with Crippen molar-refractivity contribution in [2.24, 2.45) is 0 Å². The van der Waals surface area contributed by atoms with Gasteiger partial charge in [0.25, 0.3) is 0 Å². The van der Waals surface area contributed by atoms with E-state index in [2.05, 4.69) is 40.7 Å². The lowest BCUT2D eigenvalue weighted by Gasteiger charge is -2.15. The van der Waals surface area contributed by atoms with Gasteiger partial charge in [0.05, 0.1) is 5.52 Å². The van der Waals surface area contributed by atoms with E-state index in [1.54, 1.807) is 0 Å². The maximum Gasteiger partial charge on any atom is 0.140 e. The van der Waals surface area contributed by atoms with Crippen molar-refractivity contribution < 1.29 is 4.74 Å². The van der Waals surface area contributed by atoms with Crippen LogP contribution in [0.1, 0.15) is 5.56 Å². The molecule has 1 aromatic heterocycles. The molecule has 0 unspecified atom stereocenters. The van der Waals surface area contributed by atoms with Crippen LogP contribution in [0.5, 0.6) is 0 Å². The van der Waals surface area contributed by atoms with Crippen LogP contribution in [0, 0.1) is 6.92 Å². The molecule has 0 aliphatic carbocycles. The first-order chi connectivity index (χ1) is 9.28. The highest BCUT2D eigenvalue weighted by molar-refractivity contribution is 9.10. The number of ether oxygens (including phenoxy) is 1. The Labute approximate surface area is 134 Å². The predicted molar refractivity (Wildman–Crippen MR) is 91.3 cm³/mol. The Balaban J connectivity index is 2.13. The van der Waals surface area contributed by atoms with Crippen LogP contribution in [0.15, 0.2) is 16.7 Å². The molecule has 0 spiro atoms. The third kappa shape index (κ3) is 3.84. The molecule has 0 atom stereocenters. The van der Waals surface area contributed by atoms with E-state index < -0.39 is 8.07 Å². The van der Waals surface area contributed by atoms with Crippen molar-refractivity contribution in [1.82, 2.24) is 9.78 Å². The van der Waals surface area contributed by atoms with Gasteiger partial charge in [-0.2, -0.15) is 5.10 Å². The van der Waals surface area contributed by atoms with Crippen LogP contribution in [-0.4, -0.2) is 24.5 Å². The molecule has 110 valence electrons. The Bertz CT molecular complexity index is 622. The Morgan fingerprint density at radius 3 is 2.70 bits per heavy atom. The van der Waals surface area contributed by atoms with Gasteiger partial charge in [0.1, 0.15) is 11.3 Å². The molecule has 0 aliphatic rings. The van der Waals surface area contributed by atoms with E-state index in [4.69, 9.17) is 16.3 Å². The van der Waals surface area contributed by atoms with E-state index in [-0.39, 0.29) is 0 Å². The van der Waals surface area contributed by atoms with E-state index in [1.165, 1.54) is 0 Å². The van der Waals surface area contributed by atoms with Crippen molar-refractivity contribution in [2.75, 3.05) is 6.61 Å². The van der Waals surface area contributed by atoms with Gasteiger partial charge in [0.2, 0.25) is 0 Å². The smallest absolute Gasteiger partial charge is 0.140 e. The molecule has 3 nitrogen and oxygen atoms in total. The highest BCUT2D eigenvalue weighted by Gasteiger charge is 2.13. The Hall–Kier alpha value is -0.363. The molecule has 2 aromatic rings. The summed E-state index contributed by atoms with van der Waals surface area (Å²) in [4.78, 5) is 0. The Kier molecular flexibility index (Phi) is 4.95.